The molecule has 0 aliphatic heterocycles. The molecule has 0 spiro atoms. The molecule has 1 aliphatic carbocycles. The molecule has 0 bridgehead atoms. The molecule has 0 amide bonds. The summed E-state index contributed by atoms with van der Waals surface area (Å²) in [6.07, 6.45) is 9.20. The van der Waals surface area contributed by atoms with Gasteiger partial charge in [-0.05, 0) is 18.8 Å². The number of allylic oxidation sites excluding steroid dienone is 1. The van der Waals surface area contributed by atoms with Gasteiger partial charge in [0, 0.05) is 11.3 Å². The van der Waals surface area contributed by atoms with E-state index in [1.165, 1.54) is 32.1 Å². The van der Waals surface area contributed by atoms with E-state index in [0.717, 1.165) is 5.92 Å². The fourth-order valence-corrected chi connectivity index (χ4v) is 1.37. The first-order valence-corrected chi connectivity index (χ1v) is 5.27. The molecule has 1 unspecified atom stereocenters. The highest BCUT2D eigenvalue weighted by molar-refractivity contribution is 7.76. The Bertz CT molecular complexity index is 140. The quantitative estimate of drug-likeness (QED) is 0.503. The summed E-state index contributed by atoms with van der Waals surface area (Å²) in [5, 5.41) is 4.03. The Labute approximate surface area is 76.5 Å². The fraction of sp³-hybridized carbons (Fsp3) is 0.750. The second-order valence-electron chi connectivity index (χ2n) is 2.89. The molecule has 1 aliphatic rings. The largest absolute Gasteiger partial charge is 0.760 e. The van der Waals surface area contributed by atoms with E-state index in [-0.39, 0.29) is 0 Å². The van der Waals surface area contributed by atoms with Gasteiger partial charge < -0.3 is 4.55 Å². The zero-order chi connectivity index (χ0) is 9.40. The van der Waals surface area contributed by atoms with Crippen LogP contribution in [0, 0.1) is 5.92 Å². The smallest absolute Gasteiger partial charge is 0.0152 e. The zero-order valence-corrected chi connectivity index (χ0v) is 8.02. The van der Waals surface area contributed by atoms with Crippen molar-refractivity contribution in [2.24, 2.45) is 11.1 Å². The standard InChI is InChI=1S/C8H14.H3NO2S/c1-2-8-6-4-3-5-7-8;1-4(2)3/h2,8H,1,3-7H2;1H2,(H,2,3)/p-1. The molecule has 72 valence electrons. The van der Waals surface area contributed by atoms with Crippen LogP contribution in [0.3, 0.4) is 0 Å². The summed E-state index contributed by atoms with van der Waals surface area (Å²) >= 11 is -2.36. The van der Waals surface area contributed by atoms with Gasteiger partial charge in [-0.1, -0.05) is 25.3 Å². The van der Waals surface area contributed by atoms with Gasteiger partial charge >= 0.3 is 0 Å². The lowest BCUT2D eigenvalue weighted by atomic mass is 9.90. The SMILES string of the molecule is C=CC1CCCCC1.NS(=O)[O-]. The van der Waals surface area contributed by atoms with Crippen LogP contribution in [0.25, 0.3) is 0 Å². The molecule has 1 rings (SSSR count). The minimum absolute atomic E-state index is 0.851. The van der Waals surface area contributed by atoms with Crippen LogP contribution in [-0.4, -0.2) is 8.76 Å². The molecule has 1 fully saturated rings. The summed E-state index contributed by atoms with van der Waals surface area (Å²) in [6, 6.07) is 0. The average Bonchev–Trinajstić information content (AvgIpc) is 2.05. The Kier molecular flexibility index (Phi) is 7.34. The summed E-state index contributed by atoms with van der Waals surface area (Å²) in [6.45, 7) is 3.78. The van der Waals surface area contributed by atoms with Crippen molar-refractivity contribution in [2.45, 2.75) is 32.1 Å². The molecular formula is C8H16NO2S-. The normalized spacial score (nSPS) is 20.5. The summed E-state index contributed by atoms with van der Waals surface area (Å²) in [7, 11) is 0. The Hall–Kier alpha value is -0.190. The van der Waals surface area contributed by atoms with Crippen LogP contribution in [-0.2, 0) is 11.3 Å². The molecule has 0 aromatic rings. The van der Waals surface area contributed by atoms with E-state index in [9.17, 15) is 0 Å². The van der Waals surface area contributed by atoms with Gasteiger partial charge in [-0.3, -0.25) is 9.35 Å². The maximum absolute atomic E-state index is 8.78. The summed E-state index contributed by atoms with van der Waals surface area (Å²) in [5.41, 5.74) is 0. The monoisotopic (exact) mass is 190 g/mol. The summed E-state index contributed by atoms with van der Waals surface area (Å²) < 4.78 is 17.6. The van der Waals surface area contributed by atoms with E-state index in [1.54, 1.807) is 0 Å². The highest BCUT2D eigenvalue weighted by Crippen LogP contribution is 2.23. The molecule has 0 radical (unpaired) electrons. The van der Waals surface area contributed by atoms with E-state index >= 15 is 0 Å². The van der Waals surface area contributed by atoms with Gasteiger partial charge in [0.15, 0.2) is 0 Å². The first-order valence-electron chi connectivity index (χ1n) is 4.13. The molecule has 12 heavy (non-hydrogen) atoms. The molecule has 4 heteroatoms. The molecule has 0 aromatic heterocycles. The number of nitrogens with two attached hydrogens (primary N) is 1. The minimum atomic E-state index is -2.36. The van der Waals surface area contributed by atoms with Crippen LogP contribution >= 0.6 is 0 Å². The van der Waals surface area contributed by atoms with Gasteiger partial charge in [-0.15, -0.1) is 6.58 Å². The minimum Gasteiger partial charge on any atom is -0.760 e. The van der Waals surface area contributed by atoms with E-state index in [1.807, 2.05) is 0 Å². The second kappa shape index (κ2) is 7.46. The molecule has 0 saturated heterocycles. The van der Waals surface area contributed by atoms with E-state index < -0.39 is 11.3 Å². The van der Waals surface area contributed by atoms with Crippen LogP contribution in [0.4, 0.5) is 0 Å². The highest BCUT2D eigenvalue weighted by atomic mass is 32.2. The summed E-state index contributed by atoms with van der Waals surface area (Å²) in [5.74, 6) is 0.851. The second-order valence-corrected chi connectivity index (χ2v) is 3.42. The first kappa shape index (κ1) is 11.8. The van der Waals surface area contributed by atoms with Gasteiger partial charge in [-0.25, -0.2) is 0 Å². The van der Waals surface area contributed by atoms with Crippen LogP contribution in [0.15, 0.2) is 12.7 Å². The number of rotatable bonds is 1. The predicted molar refractivity (Wildman–Crippen MR) is 49.9 cm³/mol. The lowest BCUT2D eigenvalue weighted by molar-refractivity contribution is 0.420. The molecular weight excluding hydrogens is 174 g/mol. The van der Waals surface area contributed by atoms with Crippen molar-refractivity contribution < 1.29 is 8.76 Å². The lowest BCUT2D eigenvalue weighted by Gasteiger charge is -2.16. The van der Waals surface area contributed by atoms with Crippen molar-refractivity contribution in [3.63, 3.8) is 0 Å². The highest BCUT2D eigenvalue weighted by Gasteiger charge is 2.07. The van der Waals surface area contributed by atoms with E-state index in [2.05, 4.69) is 17.8 Å². The van der Waals surface area contributed by atoms with Crippen molar-refractivity contribution in [1.82, 2.24) is 0 Å². The maximum Gasteiger partial charge on any atom is 0.0152 e. The van der Waals surface area contributed by atoms with E-state index in [0.29, 0.717) is 0 Å². The van der Waals surface area contributed by atoms with Crippen LogP contribution < -0.4 is 5.14 Å². The van der Waals surface area contributed by atoms with E-state index in [4.69, 9.17) is 8.76 Å². The third-order valence-electron chi connectivity index (χ3n) is 1.98. The summed E-state index contributed by atoms with van der Waals surface area (Å²) in [4.78, 5) is 0. The molecule has 2 N–H and O–H groups in total. The third-order valence-corrected chi connectivity index (χ3v) is 1.98. The van der Waals surface area contributed by atoms with Crippen molar-refractivity contribution in [3.05, 3.63) is 12.7 Å². The van der Waals surface area contributed by atoms with Gasteiger partial charge in [0.2, 0.25) is 0 Å². The Balaban J connectivity index is 0.000000261. The number of hydrogen-bond acceptors (Lipinski definition) is 2. The predicted octanol–water partition coefficient (Wildman–Crippen LogP) is 1.49. The van der Waals surface area contributed by atoms with Crippen LogP contribution in [0.5, 0.6) is 0 Å². The molecule has 1 atom stereocenters. The molecule has 1 saturated carbocycles. The van der Waals surface area contributed by atoms with Crippen molar-refractivity contribution >= 4 is 11.3 Å². The Morgan fingerprint density at radius 1 is 1.42 bits per heavy atom. The van der Waals surface area contributed by atoms with Gasteiger partial charge in [0.05, 0.1) is 0 Å². The van der Waals surface area contributed by atoms with Crippen molar-refractivity contribution in [2.75, 3.05) is 0 Å². The van der Waals surface area contributed by atoms with Crippen LogP contribution in [0.2, 0.25) is 0 Å². The maximum atomic E-state index is 8.78. The molecule has 3 nitrogen and oxygen atoms in total. The van der Waals surface area contributed by atoms with Crippen LogP contribution in [0.1, 0.15) is 32.1 Å². The molecule has 0 heterocycles. The molecule has 0 aromatic carbocycles. The van der Waals surface area contributed by atoms with Gasteiger partial charge in [0.1, 0.15) is 0 Å². The van der Waals surface area contributed by atoms with Gasteiger partial charge in [-0.2, -0.15) is 0 Å². The third kappa shape index (κ3) is 7.91. The Morgan fingerprint density at radius 3 is 2.08 bits per heavy atom. The fourth-order valence-electron chi connectivity index (χ4n) is 1.37. The zero-order valence-electron chi connectivity index (χ0n) is 7.20. The van der Waals surface area contributed by atoms with Crippen molar-refractivity contribution in [1.29, 1.82) is 0 Å². The van der Waals surface area contributed by atoms with Gasteiger partial charge in [0.25, 0.3) is 0 Å². The van der Waals surface area contributed by atoms with Crippen molar-refractivity contribution in [3.8, 4) is 0 Å². The average molecular weight is 190 g/mol. The lowest BCUT2D eigenvalue weighted by Crippen LogP contribution is -2.01. The topological polar surface area (TPSA) is 66.2 Å². The Morgan fingerprint density at radius 2 is 1.83 bits per heavy atom. The number of hydrogen-bond donors (Lipinski definition) is 1. The first-order chi connectivity index (χ1) is 5.66.